The van der Waals surface area contributed by atoms with Gasteiger partial charge in [0.25, 0.3) is 0 Å². The highest BCUT2D eigenvalue weighted by Crippen LogP contribution is 2.47. The minimum absolute atomic E-state index is 0.0780. The maximum atomic E-state index is 13.0. The summed E-state index contributed by atoms with van der Waals surface area (Å²) in [5.74, 6) is 0.596. The third-order valence-electron chi connectivity index (χ3n) is 14.8. The van der Waals surface area contributed by atoms with E-state index in [0.29, 0.717) is 79.3 Å². The normalized spacial score (nSPS) is 16.1. The molecular weight excluding hydrogens is 1020 g/mol. The minimum Gasteiger partial charge on any atom is -0.488 e. The number of hydrogen-bond donors (Lipinski definition) is 2. The molecule has 2 unspecified atom stereocenters. The summed E-state index contributed by atoms with van der Waals surface area (Å²) in [6, 6.07) is 27.2. The van der Waals surface area contributed by atoms with Gasteiger partial charge >= 0.3 is 11.9 Å². The van der Waals surface area contributed by atoms with Crippen molar-refractivity contribution in [1.29, 1.82) is 10.5 Å². The van der Waals surface area contributed by atoms with Crippen LogP contribution in [0.5, 0.6) is 23.0 Å². The van der Waals surface area contributed by atoms with Crippen LogP contribution in [0.4, 0.5) is 0 Å². The molecule has 400 valence electrons. The third kappa shape index (κ3) is 12.0. The monoisotopic (exact) mass is 1080 g/mol. The first-order valence-electron chi connectivity index (χ1n) is 25.0. The molecule has 8 rings (SSSR count). The molecule has 0 radical (unpaired) electrons. The molecule has 2 aliphatic carbocycles. The minimum atomic E-state index is -1.36. The summed E-state index contributed by atoms with van der Waals surface area (Å²) < 4.78 is 36.6. The first-order chi connectivity index (χ1) is 37.1. The lowest BCUT2D eigenvalue weighted by Crippen LogP contribution is -2.53. The van der Waals surface area contributed by atoms with E-state index in [0.717, 1.165) is 35.1 Å². The second kappa shape index (κ2) is 24.4. The lowest BCUT2D eigenvalue weighted by Gasteiger charge is -2.36. The van der Waals surface area contributed by atoms with Gasteiger partial charge in [-0.1, -0.05) is 59.6 Å². The fourth-order valence-electron chi connectivity index (χ4n) is 10.0. The molecule has 4 atom stereocenters. The maximum Gasteiger partial charge on any atom is 0.328 e. The Morgan fingerprint density at radius 3 is 1.52 bits per heavy atom. The van der Waals surface area contributed by atoms with Crippen molar-refractivity contribution in [2.75, 3.05) is 41.5 Å². The van der Waals surface area contributed by atoms with Crippen molar-refractivity contribution in [2.24, 2.45) is 0 Å². The van der Waals surface area contributed by atoms with E-state index in [1.54, 1.807) is 86.5 Å². The number of pyridine rings is 2. The predicted octanol–water partition coefficient (Wildman–Crippen LogP) is 9.59. The van der Waals surface area contributed by atoms with Crippen LogP contribution < -0.4 is 18.9 Å². The number of likely N-dealkylation sites (N-methyl/N-ethyl adjacent to an activating group) is 2. The Labute approximate surface area is 458 Å². The Bertz CT molecular complexity index is 3250. The number of nitrogens with zero attached hydrogens (tertiary/aromatic N) is 6. The lowest BCUT2D eigenvalue weighted by atomic mass is 9.91. The Morgan fingerprint density at radius 2 is 1.10 bits per heavy atom. The summed E-state index contributed by atoms with van der Waals surface area (Å²) in [5.41, 5.74) is 7.52. The fourth-order valence-corrected chi connectivity index (χ4v) is 10.5. The van der Waals surface area contributed by atoms with Crippen LogP contribution in [0, 0.1) is 22.7 Å². The number of aliphatic hydroxyl groups excluding tert-OH is 2. The number of carbonyl (C=O) groups excluding carboxylic acids is 2. The van der Waals surface area contributed by atoms with Gasteiger partial charge in [-0.2, -0.15) is 10.5 Å². The summed E-state index contributed by atoms with van der Waals surface area (Å²) in [7, 11) is 6.06. The van der Waals surface area contributed by atoms with Crippen LogP contribution in [0.2, 0.25) is 10.0 Å². The summed E-state index contributed by atoms with van der Waals surface area (Å²) >= 11 is 14.1. The van der Waals surface area contributed by atoms with Crippen molar-refractivity contribution < 1.29 is 48.2 Å². The molecule has 0 bridgehead atoms. The molecule has 2 aliphatic rings. The molecule has 0 spiro atoms. The number of rotatable bonds is 22. The Morgan fingerprint density at radius 1 is 0.662 bits per heavy atom. The molecule has 2 heterocycles. The van der Waals surface area contributed by atoms with Crippen molar-refractivity contribution in [2.45, 2.75) is 95.5 Å². The number of halogens is 2. The topological polar surface area (TPSA) is 210 Å². The number of methoxy groups -OCH3 is 2. The molecule has 77 heavy (non-hydrogen) atoms. The standard InChI is InChI=1S/C59H60Cl2N6O10/c1-58(17-18-68,56(70)72-5)66(3)31-40-21-48(60)54(23-52(40)74-33-38-19-36(25-62)27-64-29-38)76-50-15-13-44-42(9-7-11-46(44)50)43-10-8-12-47-45(43)14-16-51(47)77-55-24-53(75-34-39-20-37(26-63)28-65-30-39)41(22-49(55)61)32-67(4)59(2,35-69)57(71)73-6/h7-12,19-24,27-30,50-51,68-69H,13-18,31-35H2,1-6H3/t50-,51-,58?,59?/m0/s1. The van der Waals surface area contributed by atoms with Crippen molar-refractivity contribution in [1.82, 2.24) is 19.8 Å². The SMILES string of the molecule is COC(=O)C(C)(CO)N(C)Cc1cc(Cl)c(O[C@H]2CCc3c(-c4cccc5c4CC[C@@H]5Oc4cc(OCc5cncc(C#N)c5)c(CN(C)C(C)(CCO)C(=O)OC)cc4Cl)cccc32)cc1OCc1cncc(C#N)c1. The number of carbonyl (C=O) groups is 2. The average Bonchev–Trinajstić information content (AvgIpc) is 4.12. The quantitative estimate of drug-likeness (QED) is 0.0606. The van der Waals surface area contributed by atoms with E-state index in [4.69, 9.17) is 51.6 Å². The van der Waals surface area contributed by atoms with Gasteiger partial charge < -0.3 is 38.6 Å². The van der Waals surface area contributed by atoms with E-state index in [1.807, 2.05) is 12.1 Å². The van der Waals surface area contributed by atoms with E-state index in [-0.39, 0.29) is 51.5 Å². The van der Waals surface area contributed by atoms with Gasteiger partial charge in [-0.25, -0.2) is 4.79 Å². The summed E-state index contributed by atoms with van der Waals surface area (Å²) in [6.45, 7) is 3.10. The number of ether oxygens (including phenoxy) is 6. The zero-order valence-electron chi connectivity index (χ0n) is 43.8. The van der Waals surface area contributed by atoms with Gasteiger partial charge in [0, 0.05) is 78.9 Å². The van der Waals surface area contributed by atoms with Gasteiger partial charge in [0.15, 0.2) is 0 Å². The van der Waals surface area contributed by atoms with Crippen LogP contribution in [0.1, 0.15) is 101 Å². The van der Waals surface area contributed by atoms with Crippen LogP contribution in [0.15, 0.2) is 97.6 Å². The van der Waals surface area contributed by atoms with Gasteiger partial charge in [0.05, 0.1) is 42.0 Å². The molecule has 4 aromatic carbocycles. The largest absolute Gasteiger partial charge is 0.488 e. The maximum absolute atomic E-state index is 13.0. The third-order valence-corrected chi connectivity index (χ3v) is 15.4. The molecule has 6 aromatic rings. The number of benzene rings is 4. The zero-order valence-corrected chi connectivity index (χ0v) is 45.3. The molecule has 0 amide bonds. The first-order valence-corrected chi connectivity index (χ1v) is 25.8. The van der Waals surface area contributed by atoms with Gasteiger partial charge in [-0.15, -0.1) is 0 Å². The smallest absolute Gasteiger partial charge is 0.328 e. The highest BCUT2D eigenvalue weighted by atomic mass is 35.5. The summed E-state index contributed by atoms with van der Waals surface area (Å²) in [5, 5.41) is 39.9. The highest BCUT2D eigenvalue weighted by Gasteiger charge is 2.40. The number of esters is 2. The first kappa shape index (κ1) is 55.9. The van der Waals surface area contributed by atoms with Crippen molar-refractivity contribution in [3.63, 3.8) is 0 Å². The molecule has 2 N–H and O–H groups in total. The Kier molecular flexibility index (Phi) is 17.7. The molecular formula is C59H60Cl2N6O10. The second-order valence-corrected chi connectivity index (χ2v) is 20.5. The van der Waals surface area contributed by atoms with Gasteiger partial charge in [-0.05, 0) is 118 Å². The van der Waals surface area contributed by atoms with Crippen LogP contribution >= 0.6 is 23.2 Å². The second-order valence-electron chi connectivity index (χ2n) is 19.7. The van der Waals surface area contributed by atoms with E-state index < -0.39 is 29.6 Å². The van der Waals surface area contributed by atoms with Crippen LogP contribution in [-0.4, -0.2) is 94.5 Å². The molecule has 0 saturated carbocycles. The number of fused-ring (bicyclic) bond motifs is 2. The van der Waals surface area contributed by atoms with E-state index >= 15 is 0 Å². The summed E-state index contributed by atoms with van der Waals surface area (Å²) in [4.78, 5) is 37.7. The predicted molar refractivity (Wildman–Crippen MR) is 287 cm³/mol. The lowest BCUT2D eigenvalue weighted by molar-refractivity contribution is -0.156. The van der Waals surface area contributed by atoms with E-state index in [1.165, 1.54) is 37.7 Å². The molecule has 0 saturated heterocycles. The van der Waals surface area contributed by atoms with Crippen molar-refractivity contribution in [3.8, 4) is 46.3 Å². The van der Waals surface area contributed by atoms with E-state index in [2.05, 4.69) is 46.4 Å². The van der Waals surface area contributed by atoms with E-state index in [9.17, 15) is 30.3 Å². The van der Waals surface area contributed by atoms with Crippen LogP contribution in [0.25, 0.3) is 11.1 Å². The molecule has 16 nitrogen and oxygen atoms in total. The van der Waals surface area contributed by atoms with Crippen LogP contribution in [-0.2, 0) is 58.2 Å². The molecule has 0 fully saturated rings. The number of aliphatic hydroxyl groups is 2. The number of nitriles is 2. The van der Waals surface area contributed by atoms with Gasteiger partial charge in [0.2, 0.25) is 0 Å². The molecule has 2 aromatic heterocycles. The van der Waals surface area contributed by atoms with Gasteiger partial charge in [0.1, 0.15) is 71.6 Å². The fraction of sp³-hybridized carbons (Fsp3) is 0.356. The molecule has 0 aliphatic heterocycles. The van der Waals surface area contributed by atoms with Crippen molar-refractivity contribution in [3.05, 3.63) is 163 Å². The van der Waals surface area contributed by atoms with Crippen LogP contribution in [0.3, 0.4) is 0 Å². The highest BCUT2D eigenvalue weighted by molar-refractivity contribution is 6.32. The molecule has 18 heteroatoms. The van der Waals surface area contributed by atoms with Crippen molar-refractivity contribution >= 4 is 35.1 Å². The summed E-state index contributed by atoms with van der Waals surface area (Å²) in [6.07, 6.45) is 8.51. The average molecular weight is 1080 g/mol. The zero-order chi connectivity index (χ0) is 55.0. The number of aromatic nitrogens is 2. The number of hydrogen-bond acceptors (Lipinski definition) is 16. The Balaban J connectivity index is 1.06. The Hall–Kier alpha value is -7.28. The van der Waals surface area contributed by atoms with Gasteiger partial charge in [-0.3, -0.25) is 24.6 Å².